The van der Waals surface area contributed by atoms with Crippen molar-refractivity contribution in [3.8, 4) is 39.2 Å². The van der Waals surface area contributed by atoms with E-state index in [0.29, 0.717) is 0 Å². The van der Waals surface area contributed by atoms with E-state index in [4.69, 9.17) is 24.9 Å². The number of nitrogens with zero attached hydrogens (tertiary/aromatic N) is 6. The highest BCUT2D eigenvalue weighted by atomic mass is 15.1. The van der Waals surface area contributed by atoms with Gasteiger partial charge in [0, 0.05) is 79.6 Å². The Labute approximate surface area is 365 Å². The van der Waals surface area contributed by atoms with Crippen LogP contribution in [0, 0.1) is 0 Å². The molecule has 0 unspecified atom stereocenters. The van der Waals surface area contributed by atoms with Crippen LogP contribution in [0.5, 0.6) is 0 Å². The lowest BCUT2D eigenvalue weighted by atomic mass is 9.74. The lowest BCUT2D eigenvalue weighted by Gasteiger charge is -2.31. The minimum absolute atomic E-state index is 0.929. The predicted octanol–water partition coefficient (Wildman–Crippen LogP) is 13.2. The third kappa shape index (κ3) is 4.62. The number of rotatable bonds is 3. The van der Waals surface area contributed by atoms with Gasteiger partial charge in [0.15, 0.2) is 0 Å². The molecule has 13 aromatic rings. The van der Waals surface area contributed by atoms with Gasteiger partial charge in [-0.3, -0.25) is 24.5 Å². The van der Waals surface area contributed by atoms with Crippen molar-refractivity contribution in [3.05, 3.63) is 181 Å². The first-order valence-electron chi connectivity index (χ1n) is 22.1. The van der Waals surface area contributed by atoms with Gasteiger partial charge in [-0.25, -0.2) is 4.98 Å². The number of hydrogen-bond acceptors (Lipinski definition) is 5. The highest BCUT2D eigenvalue weighted by Crippen LogP contribution is 2.51. The Bertz CT molecular complexity index is 4200. The maximum atomic E-state index is 4.99. The zero-order valence-electron chi connectivity index (χ0n) is 34.5. The minimum atomic E-state index is 0.929. The topological polar surface area (TPSA) is 85.2 Å². The molecule has 7 heteroatoms. The van der Waals surface area contributed by atoms with Crippen molar-refractivity contribution in [1.29, 1.82) is 0 Å². The number of nitrogens with one attached hydrogen (secondary N) is 1. The molecule has 2 aliphatic carbocycles. The zero-order valence-corrected chi connectivity index (χ0v) is 34.5. The largest absolute Gasteiger partial charge is 0.354 e. The van der Waals surface area contributed by atoms with E-state index in [1.54, 1.807) is 0 Å². The molecule has 0 saturated carbocycles. The fraction of sp³-hybridized carbons (Fsp3) is 0.0702. The Balaban J connectivity index is 0.950. The molecule has 0 atom stereocenters. The van der Waals surface area contributed by atoms with Crippen LogP contribution < -0.4 is 0 Å². The van der Waals surface area contributed by atoms with E-state index in [9.17, 15) is 0 Å². The number of aromatic nitrogens is 7. The summed E-state index contributed by atoms with van der Waals surface area (Å²) in [6.45, 7) is 0. The molecule has 0 saturated heterocycles. The predicted molar refractivity (Wildman–Crippen MR) is 260 cm³/mol. The van der Waals surface area contributed by atoms with Gasteiger partial charge in [-0.15, -0.1) is 0 Å². The SMILES string of the molecule is c1ccc(-n2c3ccc(-c4cc5cccnc5c5ncccc45)cc3c3cc4c5c(c32)CCc2c-5c(cc3c2[nH]c2ccc(-c5cc6cccnc6c6ncccc56)cc23)CC4)nc1. The van der Waals surface area contributed by atoms with Crippen molar-refractivity contribution >= 4 is 87.2 Å². The average molecular weight is 818 g/mol. The molecule has 0 radical (unpaired) electrons. The van der Waals surface area contributed by atoms with Gasteiger partial charge in [0.25, 0.3) is 0 Å². The first-order valence-corrected chi connectivity index (χ1v) is 22.1. The molecule has 15 rings (SSSR count). The normalized spacial score (nSPS) is 13.4. The van der Waals surface area contributed by atoms with Crippen molar-refractivity contribution in [2.75, 3.05) is 0 Å². The van der Waals surface area contributed by atoms with Gasteiger partial charge in [-0.2, -0.15) is 0 Å². The molecule has 0 fully saturated rings. The van der Waals surface area contributed by atoms with E-state index < -0.39 is 0 Å². The lowest BCUT2D eigenvalue weighted by Crippen LogP contribution is -2.15. The smallest absolute Gasteiger partial charge is 0.137 e. The third-order valence-electron chi connectivity index (χ3n) is 14.3. The van der Waals surface area contributed by atoms with Crippen LogP contribution in [0.25, 0.3) is 126 Å². The van der Waals surface area contributed by atoms with Gasteiger partial charge in [-0.1, -0.05) is 42.5 Å². The molecular weight excluding hydrogens is 783 g/mol. The highest BCUT2D eigenvalue weighted by molar-refractivity contribution is 6.18. The number of aryl methyl sites for hydroxylation is 4. The summed E-state index contributed by atoms with van der Waals surface area (Å²) < 4.78 is 2.43. The minimum Gasteiger partial charge on any atom is -0.354 e. The average Bonchev–Trinajstić information content (AvgIpc) is 3.90. The van der Waals surface area contributed by atoms with E-state index in [1.165, 1.54) is 93.7 Å². The Kier molecular flexibility index (Phi) is 6.78. The molecule has 64 heavy (non-hydrogen) atoms. The molecule has 0 amide bonds. The molecule has 7 aromatic heterocycles. The van der Waals surface area contributed by atoms with Crippen molar-refractivity contribution in [3.63, 3.8) is 0 Å². The quantitative estimate of drug-likeness (QED) is 0.180. The summed E-state index contributed by atoms with van der Waals surface area (Å²) in [6.07, 6.45) is 13.3. The molecule has 0 bridgehead atoms. The van der Waals surface area contributed by atoms with E-state index >= 15 is 0 Å². The van der Waals surface area contributed by atoms with Crippen LogP contribution in [0.3, 0.4) is 0 Å². The molecule has 7 nitrogen and oxygen atoms in total. The highest BCUT2D eigenvalue weighted by Gasteiger charge is 2.32. The van der Waals surface area contributed by atoms with E-state index in [-0.39, 0.29) is 0 Å². The van der Waals surface area contributed by atoms with Crippen LogP contribution in [0.4, 0.5) is 0 Å². The molecule has 7 heterocycles. The molecule has 0 spiro atoms. The van der Waals surface area contributed by atoms with Crippen LogP contribution in [-0.4, -0.2) is 34.5 Å². The second-order valence-corrected chi connectivity index (χ2v) is 17.5. The number of aromatic amines is 1. The maximum Gasteiger partial charge on any atom is 0.137 e. The fourth-order valence-corrected chi connectivity index (χ4v) is 11.6. The van der Waals surface area contributed by atoms with Crippen molar-refractivity contribution in [1.82, 2.24) is 34.5 Å². The molecule has 1 N–H and O–H groups in total. The van der Waals surface area contributed by atoms with Crippen LogP contribution in [0.1, 0.15) is 22.3 Å². The van der Waals surface area contributed by atoms with Crippen molar-refractivity contribution in [2.24, 2.45) is 0 Å². The van der Waals surface area contributed by atoms with E-state index in [0.717, 1.165) is 80.7 Å². The van der Waals surface area contributed by atoms with Gasteiger partial charge < -0.3 is 4.98 Å². The molecule has 298 valence electrons. The van der Waals surface area contributed by atoms with Gasteiger partial charge >= 0.3 is 0 Å². The number of fused-ring (bicyclic) bond motifs is 14. The molecule has 0 aliphatic heterocycles. The second kappa shape index (κ2) is 12.6. The lowest BCUT2D eigenvalue weighted by molar-refractivity contribution is 0.884. The Morgan fingerprint density at radius 2 is 1.02 bits per heavy atom. The Hall–Kier alpha value is -8.29. The first-order chi connectivity index (χ1) is 31.7. The standard InChI is InChI=1S/C57H35N7/c1-2-20-58-49(11-1)64-48-19-15-32(42-30-36-8-4-22-60-53(36)56-38(42)10-6-24-62-56)26-44(48)46-28-34-13-12-33-27-45-43-25-31(41-29-35-7-3-21-59-52(35)55-37(41)9-5-23-61-55)14-18-47(43)63-54(45)39-16-17-40(57(46)64)51(34)50(33)39/h1-11,14-15,18-30,63H,12-13,16-17H2. The summed E-state index contributed by atoms with van der Waals surface area (Å²) in [6, 6.07) is 46.4. The van der Waals surface area contributed by atoms with Gasteiger partial charge in [0.2, 0.25) is 0 Å². The van der Waals surface area contributed by atoms with E-state index in [2.05, 4.69) is 107 Å². The van der Waals surface area contributed by atoms with Crippen LogP contribution in [0.2, 0.25) is 0 Å². The van der Waals surface area contributed by atoms with Crippen molar-refractivity contribution < 1.29 is 0 Å². The Morgan fingerprint density at radius 3 is 1.70 bits per heavy atom. The second-order valence-electron chi connectivity index (χ2n) is 17.5. The van der Waals surface area contributed by atoms with Crippen molar-refractivity contribution in [2.45, 2.75) is 25.7 Å². The molecular formula is C57H35N7. The maximum absolute atomic E-state index is 4.99. The summed E-state index contributed by atoms with van der Waals surface area (Å²) in [5, 5.41) is 9.52. The van der Waals surface area contributed by atoms with Crippen LogP contribution in [-0.2, 0) is 25.7 Å². The summed E-state index contributed by atoms with van der Waals surface area (Å²) in [5.74, 6) is 0.938. The first kappa shape index (κ1) is 34.3. The summed E-state index contributed by atoms with van der Waals surface area (Å²) >= 11 is 0. The van der Waals surface area contributed by atoms with Gasteiger partial charge in [0.05, 0.1) is 38.6 Å². The van der Waals surface area contributed by atoms with Gasteiger partial charge in [0.1, 0.15) is 5.82 Å². The molecule has 6 aromatic carbocycles. The Morgan fingerprint density at radius 1 is 0.422 bits per heavy atom. The summed E-state index contributed by atoms with van der Waals surface area (Å²) in [4.78, 5) is 28.0. The van der Waals surface area contributed by atoms with E-state index in [1.807, 2.05) is 61.3 Å². The zero-order chi connectivity index (χ0) is 41.6. The van der Waals surface area contributed by atoms with Crippen LogP contribution >= 0.6 is 0 Å². The van der Waals surface area contributed by atoms with Gasteiger partial charge in [-0.05, 0) is 166 Å². The summed E-state index contributed by atoms with van der Waals surface area (Å²) in [5.41, 5.74) is 21.9. The number of H-pyrrole nitrogens is 1. The number of benzene rings is 6. The fourth-order valence-electron chi connectivity index (χ4n) is 11.6. The van der Waals surface area contributed by atoms with Crippen LogP contribution in [0.15, 0.2) is 158 Å². The third-order valence-corrected chi connectivity index (χ3v) is 14.3. The number of hydrogen-bond donors (Lipinski definition) is 1. The molecule has 2 aliphatic rings. The monoisotopic (exact) mass is 817 g/mol. The summed E-state index contributed by atoms with van der Waals surface area (Å²) in [7, 11) is 0. The number of pyridine rings is 5.